The van der Waals surface area contributed by atoms with E-state index in [0.717, 1.165) is 5.56 Å². The molecule has 1 aliphatic heterocycles. The average Bonchev–Trinajstić information content (AvgIpc) is 3.25. The molecule has 3 aromatic rings. The van der Waals surface area contributed by atoms with Crippen LogP contribution in [0.4, 0.5) is 11.4 Å². The first-order valence-electron chi connectivity index (χ1n) is 9.99. The Morgan fingerprint density at radius 3 is 2.48 bits per heavy atom. The number of amides is 1. The maximum absolute atomic E-state index is 12.5. The number of carbonyl (C=O) groups is 1. The second kappa shape index (κ2) is 9.21. The third-order valence-corrected chi connectivity index (χ3v) is 5.15. The molecule has 31 heavy (non-hydrogen) atoms. The molecule has 0 radical (unpaired) electrons. The van der Waals surface area contributed by atoms with E-state index in [1.165, 1.54) is 12.1 Å². The van der Waals surface area contributed by atoms with Crippen LogP contribution in [0.25, 0.3) is 6.08 Å². The molecule has 9 nitrogen and oxygen atoms in total. The van der Waals surface area contributed by atoms with Crippen LogP contribution < -0.4 is 4.90 Å². The Morgan fingerprint density at radius 1 is 1.03 bits per heavy atom. The van der Waals surface area contributed by atoms with Gasteiger partial charge in [-0.1, -0.05) is 47.7 Å². The van der Waals surface area contributed by atoms with Crippen molar-refractivity contribution in [1.82, 2.24) is 19.9 Å². The first-order valence-corrected chi connectivity index (χ1v) is 9.99. The standard InChI is InChI=1S/C22H22N6O3/c29-22(11-10-19-17-27(24-23-19)16-18-6-2-1-3-7-18)26-14-12-25(13-15-26)20-8-4-5-9-21(20)28(30)31/h1-11,17H,12-16H2/b11-10+. The minimum Gasteiger partial charge on any atom is -0.362 e. The number of aromatic nitrogens is 3. The van der Waals surface area contributed by atoms with Crippen LogP contribution in [0.5, 0.6) is 0 Å². The highest BCUT2D eigenvalue weighted by molar-refractivity contribution is 5.91. The summed E-state index contributed by atoms with van der Waals surface area (Å²) in [7, 11) is 0. The van der Waals surface area contributed by atoms with E-state index in [9.17, 15) is 14.9 Å². The van der Waals surface area contributed by atoms with Gasteiger partial charge in [0, 0.05) is 38.3 Å². The van der Waals surface area contributed by atoms with Crippen molar-refractivity contribution in [3.63, 3.8) is 0 Å². The molecule has 158 valence electrons. The second-order valence-electron chi connectivity index (χ2n) is 7.22. The zero-order valence-electron chi connectivity index (χ0n) is 16.9. The van der Waals surface area contributed by atoms with Crippen LogP contribution in [0.1, 0.15) is 11.3 Å². The molecular formula is C22H22N6O3. The molecule has 0 bridgehead atoms. The summed E-state index contributed by atoms with van der Waals surface area (Å²) >= 11 is 0. The molecule has 1 aliphatic rings. The number of benzene rings is 2. The summed E-state index contributed by atoms with van der Waals surface area (Å²) in [6.07, 6.45) is 4.95. The van der Waals surface area contributed by atoms with Gasteiger partial charge in [-0.25, -0.2) is 4.68 Å². The normalized spacial score (nSPS) is 14.2. The highest BCUT2D eigenvalue weighted by Crippen LogP contribution is 2.28. The summed E-state index contributed by atoms with van der Waals surface area (Å²) < 4.78 is 1.73. The van der Waals surface area contributed by atoms with Crippen LogP contribution in [-0.2, 0) is 11.3 Å². The van der Waals surface area contributed by atoms with Crippen molar-refractivity contribution in [2.24, 2.45) is 0 Å². The van der Waals surface area contributed by atoms with Gasteiger partial charge in [0.1, 0.15) is 11.4 Å². The molecule has 0 aliphatic carbocycles. The molecule has 0 atom stereocenters. The van der Waals surface area contributed by atoms with Gasteiger partial charge in [-0.15, -0.1) is 5.10 Å². The third-order valence-electron chi connectivity index (χ3n) is 5.15. The van der Waals surface area contributed by atoms with Gasteiger partial charge < -0.3 is 9.80 Å². The Labute approximate surface area is 179 Å². The lowest BCUT2D eigenvalue weighted by molar-refractivity contribution is -0.384. The van der Waals surface area contributed by atoms with Crippen LogP contribution in [0.3, 0.4) is 0 Å². The summed E-state index contributed by atoms with van der Waals surface area (Å²) in [6, 6.07) is 16.6. The Hall–Kier alpha value is -4.01. The number of hydrogen-bond donors (Lipinski definition) is 0. The monoisotopic (exact) mass is 418 g/mol. The molecule has 0 N–H and O–H groups in total. The number of nitro groups is 1. The van der Waals surface area contributed by atoms with Crippen LogP contribution >= 0.6 is 0 Å². The van der Waals surface area contributed by atoms with Crippen LogP contribution in [0, 0.1) is 10.1 Å². The number of nitrogens with zero attached hydrogens (tertiary/aromatic N) is 6. The molecule has 9 heteroatoms. The van der Waals surface area contributed by atoms with E-state index in [-0.39, 0.29) is 16.5 Å². The predicted octanol–water partition coefficient (Wildman–Crippen LogP) is 2.60. The van der Waals surface area contributed by atoms with Crippen molar-refractivity contribution in [2.45, 2.75) is 6.54 Å². The van der Waals surface area contributed by atoms with Gasteiger partial charge >= 0.3 is 0 Å². The van der Waals surface area contributed by atoms with E-state index in [1.807, 2.05) is 35.2 Å². The molecule has 2 aromatic carbocycles. The lowest BCUT2D eigenvalue weighted by Gasteiger charge is -2.35. The van der Waals surface area contributed by atoms with Gasteiger partial charge in [-0.05, 0) is 17.7 Å². The summed E-state index contributed by atoms with van der Waals surface area (Å²) in [5.41, 5.74) is 2.41. The Morgan fingerprint density at radius 2 is 1.74 bits per heavy atom. The Balaban J connectivity index is 1.32. The van der Waals surface area contributed by atoms with Crippen molar-refractivity contribution in [3.05, 3.63) is 88.2 Å². The van der Waals surface area contributed by atoms with Crippen molar-refractivity contribution < 1.29 is 9.72 Å². The zero-order valence-corrected chi connectivity index (χ0v) is 16.9. The smallest absolute Gasteiger partial charge is 0.292 e. The minimum absolute atomic E-state index is 0.0840. The minimum atomic E-state index is -0.374. The lowest BCUT2D eigenvalue weighted by atomic mass is 10.2. The highest BCUT2D eigenvalue weighted by Gasteiger charge is 2.24. The van der Waals surface area contributed by atoms with Crippen LogP contribution in [0.15, 0.2) is 66.9 Å². The van der Waals surface area contributed by atoms with Crippen LogP contribution in [0.2, 0.25) is 0 Å². The quantitative estimate of drug-likeness (QED) is 0.347. The van der Waals surface area contributed by atoms with Crippen LogP contribution in [-0.4, -0.2) is 56.9 Å². The van der Waals surface area contributed by atoms with Crippen molar-refractivity contribution in [2.75, 3.05) is 31.1 Å². The summed E-state index contributed by atoms with van der Waals surface area (Å²) in [5, 5.41) is 19.4. The Kier molecular flexibility index (Phi) is 6.02. The van der Waals surface area contributed by atoms with Gasteiger partial charge in [-0.2, -0.15) is 0 Å². The van der Waals surface area contributed by atoms with Gasteiger partial charge in [0.25, 0.3) is 5.69 Å². The van der Waals surface area contributed by atoms with Crippen molar-refractivity contribution >= 4 is 23.4 Å². The molecule has 1 fully saturated rings. The van der Waals surface area contributed by atoms with E-state index < -0.39 is 0 Å². The average molecular weight is 418 g/mol. The molecular weight excluding hydrogens is 396 g/mol. The van der Waals surface area contributed by atoms with Gasteiger partial charge in [0.05, 0.1) is 17.7 Å². The number of nitro benzene ring substituents is 1. The molecule has 1 amide bonds. The topological polar surface area (TPSA) is 97.4 Å². The fourth-order valence-electron chi connectivity index (χ4n) is 3.55. The van der Waals surface area contributed by atoms with E-state index >= 15 is 0 Å². The molecule has 1 saturated heterocycles. The largest absolute Gasteiger partial charge is 0.362 e. The molecule has 0 unspecified atom stereocenters. The lowest BCUT2D eigenvalue weighted by Crippen LogP contribution is -2.48. The number of carbonyl (C=O) groups excluding carboxylic acids is 1. The molecule has 0 saturated carbocycles. The third kappa shape index (κ3) is 4.95. The fourth-order valence-corrected chi connectivity index (χ4v) is 3.55. The molecule has 0 spiro atoms. The number of hydrogen-bond acceptors (Lipinski definition) is 6. The van der Waals surface area contributed by atoms with E-state index in [0.29, 0.717) is 44.1 Å². The molecule has 4 rings (SSSR count). The summed E-state index contributed by atoms with van der Waals surface area (Å²) in [6.45, 7) is 2.68. The SMILES string of the molecule is O=C(/C=C/c1cn(Cc2ccccc2)nn1)N1CCN(c2ccccc2[N+](=O)[O-])CC1. The molecule has 1 aromatic heterocycles. The van der Waals surface area contributed by atoms with Crippen molar-refractivity contribution in [1.29, 1.82) is 0 Å². The second-order valence-corrected chi connectivity index (χ2v) is 7.22. The van der Waals surface area contributed by atoms with Gasteiger partial charge in [0.15, 0.2) is 0 Å². The Bertz CT molecular complexity index is 1090. The van der Waals surface area contributed by atoms with E-state index in [1.54, 1.807) is 40.1 Å². The van der Waals surface area contributed by atoms with Gasteiger partial charge in [0.2, 0.25) is 5.91 Å². The first-order chi connectivity index (χ1) is 15.1. The number of rotatable bonds is 6. The van der Waals surface area contributed by atoms with Gasteiger partial charge in [-0.3, -0.25) is 14.9 Å². The highest BCUT2D eigenvalue weighted by atomic mass is 16.6. The van der Waals surface area contributed by atoms with E-state index in [4.69, 9.17) is 0 Å². The maximum Gasteiger partial charge on any atom is 0.292 e. The summed E-state index contributed by atoms with van der Waals surface area (Å²) in [5.74, 6) is -0.111. The number of para-hydroxylation sites is 2. The first kappa shape index (κ1) is 20.3. The molecule has 2 heterocycles. The number of piperazine rings is 1. The van der Waals surface area contributed by atoms with E-state index in [2.05, 4.69) is 10.3 Å². The fraction of sp³-hybridized carbons (Fsp3) is 0.227. The maximum atomic E-state index is 12.5. The summed E-state index contributed by atoms with van der Waals surface area (Å²) in [4.78, 5) is 27.1. The zero-order chi connectivity index (χ0) is 21.6. The van der Waals surface area contributed by atoms with Crippen molar-refractivity contribution in [3.8, 4) is 0 Å². The predicted molar refractivity (Wildman–Crippen MR) is 116 cm³/mol. The number of anilines is 1.